The number of nitrogens with zero attached hydrogens (tertiary/aromatic N) is 5. The predicted molar refractivity (Wildman–Crippen MR) is 87.4 cm³/mol. The van der Waals surface area contributed by atoms with Crippen molar-refractivity contribution in [3.05, 3.63) is 59.2 Å². The lowest BCUT2D eigenvalue weighted by Crippen LogP contribution is -2.04. The van der Waals surface area contributed by atoms with Crippen molar-refractivity contribution in [2.45, 2.75) is 20.8 Å². The summed E-state index contributed by atoms with van der Waals surface area (Å²) < 4.78 is 3.42. The third kappa shape index (κ3) is 2.63. The second-order valence-corrected chi connectivity index (χ2v) is 5.30. The number of nitrogens with two attached hydrogens (primary N) is 1. The molecule has 0 spiro atoms. The molecular formula is C16H18N6. The van der Waals surface area contributed by atoms with E-state index in [-0.39, 0.29) is 0 Å². The fourth-order valence-corrected chi connectivity index (χ4v) is 2.53. The summed E-state index contributed by atoms with van der Waals surface area (Å²) in [6.07, 6.45) is 7.26. The Morgan fingerprint density at radius 3 is 2.68 bits per heavy atom. The predicted octanol–water partition coefficient (Wildman–Crippen LogP) is 2.46. The highest BCUT2D eigenvalue weighted by Gasteiger charge is 2.08. The van der Waals surface area contributed by atoms with Crippen molar-refractivity contribution in [3.8, 4) is 5.69 Å². The number of hydrogen-bond donors (Lipinski definition) is 1. The minimum Gasteiger partial charge on any atom is -0.368 e. The zero-order valence-electron chi connectivity index (χ0n) is 12.9. The van der Waals surface area contributed by atoms with Gasteiger partial charge in [-0.15, -0.1) is 0 Å². The van der Waals surface area contributed by atoms with Crippen LogP contribution >= 0.6 is 0 Å². The monoisotopic (exact) mass is 294 g/mol. The van der Waals surface area contributed by atoms with E-state index in [9.17, 15) is 0 Å². The SMILES string of the molecule is Cc1cc(C)c(-n2cccn2)c(C=Nn2cc(C)nc2N)c1. The number of hydrogen-bond acceptors (Lipinski definition) is 4. The Labute approximate surface area is 128 Å². The summed E-state index contributed by atoms with van der Waals surface area (Å²) in [5.41, 5.74) is 11.0. The summed E-state index contributed by atoms with van der Waals surface area (Å²) >= 11 is 0. The number of rotatable bonds is 3. The zero-order valence-corrected chi connectivity index (χ0v) is 12.9. The fourth-order valence-electron chi connectivity index (χ4n) is 2.53. The van der Waals surface area contributed by atoms with Crippen LogP contribution in [0.4, 0.5) is 5.95 Å². The summed E-state index contributed by atoms with van der Waals surface area (Å²) in [4.78, 5) is 4.14. The van der Waals surface area contributed by atoms with Gasteiger partial charge in [-0.2, -0.15) is 10.2 Å². The van der Waals surface area contributed by atoms with Gasteiger partial charge in [0.25, 0.3) is 0 Å². The maximum atomic E-state index is 5.82. The number of aryl methyl sites for hydroxylation is 3. The topological polar surface area (TPSA) is 74.0 Å². The molecule has 2 aromatic heterocycles. The Balaban J connectivity index is 2.08. The van der Waals surface area contributed by atoms with Gasteiger partial charge in [0.15, 0.2) is 0 Å². The molecular weight excluding hydrogens is 276 g/mol. The number of imidazole rings is 1. The van der Waals surface area contributed by atoms with Gasteiger partial charge in [0.05, 0.1) is 23.8 Å². The Kier molecular flexibility index (Phi) is 3.50. The Morgan fingerprint density at radius 1 is 1.23 bits per heavy atom. The molecule has 6 heteroatoms. The van der Waals surface area contributed by atoms with Crippen LogP contribution in [0, 0.1) is 20.8 Å². The summed E-state index contributed by atoms with van der Waals surface area (Å²) in [6, 6.07) is 6.11. The van der Waals surface area contributed by atoms with Crippen LogP contribution in [-0.4, -0.2) is 25.7 Å². The van der Waals surface area contributed by atoms with Gasteiger partial charge in [0, 0.05) is 18.0 Å². The first-order chi connectivity index (χ1) is 10.5. The van der Waals surface area contributed by atoms with Gasteiger partial charge in [-0.1, -0.05) is 11.6 Å². The van der Waals surface area contributed by atoms with Crippen molar-refractivity contribution in [2.75, 3.05) is 5.73 Å². The fraction of sp³-hybridized carbons (Fsp3) is 0.188. The lowest BCUT2D eigenvalue weighted by Gasteiger charge is -2.11. The minimum absolute atomic E-state index is 0.374. The average Bonchev–Trinajstić information content (AvgIpc) is 3.05. The molecule has 0 bridgehead atoms. The highest BCUT2D eigenvalue weighted by Crippen LogP contribution is 2.20. The van der Waals surface area contributed by atoms with E-state index in [0.717, 1.165) is 22.5 Å². The first kappa shape index (κ1) is 14.1. The van der Waals surface area contributed by atoms with E-state index < -0.39 is 0 Å². The van der Waals surface area contributed by atoms with Gasteiger partial charge in [-0.25, -0.2) is 14.3 Å². The van der Waals surface area contributed by atoms with Gasteiger partial charge in [-0.3, -0.25) is 0 Å². The molecule has 2 heterocycles. The Morgan fingerprint density at radius 2 is 2.05 bits per heavy atom. The smallest absolute Gasteiger partial charge is 0.221 e. The molecule has 2 N–H and O–H groups in total. The molecule has 0 aliphatic heterocycles. The summed E-state index contributed by atoms with van der Waals surface area (Å²) in [6.45, 7) is 6.01. The quantitative estimate of drug-likeness (QED) is 0.754. The van der Waals surface area contributed by atoms with Crippen LogP contribution in [0.15, 0.2) is 41.9 Å². The molecule has 0 amide bonds. The first-order valence-electron chi connectivity index (χ1n) is 7.01. The molecule has 112 valence electrons. The largest absolute Gasteiger partial charge is 0.368 e. The normalized spacial score (nSPS) is 11.4. The van der Waals surface area contributed by atoms with E-state index in [0.29, 0.717) is 5.95 Å². The molecule has 0 atom stereocenters. The summed E-state index contributed by atoms with van der Waals surface area (Å²) in [7, 11) is 0. The van der Waals surface area contributed by atoms with E-state index in [4.69, 9.17) is 5.73 Å². The van der Waals surface area contributed by atoms with Crippen molar-refractivity contribution < 1.29 is 0 Å². The van der Waals surface area contributed by atoms with Crippen molar-refractivity contribution in [2.24, 2.45) is 5.10 Å². The second-order valence-electron chi connectivity index (χ2n) is 5.30. The van der Waals surface area contributed by atoms with Gasteiger partial charge in [-0.05, 0) is 38.5 Å². The van der Waals surface area contributed by atoms with Crippen molar-refractivity contribution in [1.82, 2.24) is 19.4 Å². The molecule has 0 unspecified atom stereocenters. The van der Waals surface area contributed by atoms with Crippen molar-refractivity contribution in [3.63, 3.8) is 0 Å². The maximum absolute atomic E-state index is 5.82. The Bertz CT molecular complexity index is 827. The minimum atomic E-state index is 0.374. The standard InChI is InChI=1S/C16H18N6/c1-11-7-12(2)15(21-6-4-5-18-21)14(8-11)9-19-22-10-13(3)20-16(22)17/h4-10H,1-3H3,(H2,17,20). The van der Waals surface area contributed by atoms with E-state index in [1.165, 1.54) is 5.56 Å². The number of nitrogen functional groups attached to an aromatic ring is 1. The third-order valence-electron chi connectivity index (χ3n) is 3.36. The van der Waals surface area contributed by atoms with Crippen LogP contribution < -0.4 is 5.73 Å². The maximum Gasteiger partial charge on any atom is 0.221 e. The van der Waals surface area contributed by atoms with E-state index >= 15 is 0 Å². The molecule has 3 rings (SSSR count). The number of benzene rings is 1. The molecule has 0 radical (unpaired) electrons. The summed E-state index contributed by atoms with van der Waals surface area (Å²) in [5, 5.41) is 8.74. The highest BCUT2D eigenvalue weighted by molar-refractivity contribution is 5.86. The highest BCUT2D eigenvalue weighted by atomic mass is 15.4. The molecule has 0 aliphatic rings. The molecule has 22 heavy (non-hydrogen) atoms. The molecule has 1 aromatic carbocycles. The van der Waals surface area contributed by atoms with Crippen LogP contribution in [0.5, 0.6) is 0 Å². The van der Waals surface area contributed by atoms with E-state index in [1.807, 2.05) is 23.9 Å². The molecule has 0 aliphatic carbocycles. The van der Waals surface area contributed by atoms with Crippen LogP contribution in [-0.2, 0) is 0 Å². The Hall–Kier alpha value is -2.89. The number of anilines is 1. The lowest BCUT2D eigenvalue weighted by atomic mass is 10.0. The second kappa shape index (κ2) is 5.48. The van der Waals surface area contributed by atoms with Crippen LogP contribution in [0.25, 0.3) is 5.69 Å². The van der Waals surface area contributed by atoms with Gasteiger partial charge < -0.3 is 5.73 Å². The lowest BCUT2D eigenvalue weighted by molar-refractivity contribution is 0.867. The third-order valence-corrected chi connectivity index (χ3v) is 3.36. The van der Waals surface area contributed by atoms with E-state index in [2.05, 4.69) is 41.2 Å². The van der Waals surface area contributed by atoms with Gasteiger partial charge in [0.2, 0.25) is 5.95 Å². The molecule has 0 saturated carbocycles. The van der Waals surface area contributed by atoms with Crippen LogP contribution in [0.3, 0.4) is 0 Å². The van der Waals surface area contributed by atoms with Crippen LogP contribution in [0.2, 0.25) is 0 Å². The molecule has 3 aromatic rings. The summed E-state index contributed by atoms with van der Waals surface area (Å²) in [5.74, 6) is 0.374. The first-order valence-corrected chi connectivity index (χ1v) is 7.01. The van der Waals surface area contributed by atoms with Crippen LogP contribution in [0.1, 0.15) is 22.4 Å². The van der Waals surface area contributed by atoms with E-state index in [1.54, 1.807) is 23.3 Å². The van der Waals surface area contributed by atoms with Gasteiger partial charge in [0.1, 0.15) is 0 Å². The zero-order chi connectivity index (χ0) is 15.7. The van der Waals surface area contributed by atoms with Crippen molar-refractivity contribution >= 4 is 12.2 Å². The average molecular weight is 294 g/mol. The molecule has 0 fully saturated rings. The van der Waals surface area contributed by atoms with Crippen molar-refractivity contribution in [1.29, 1.82) is 0 Å². The molecule has 6 nitrogen and oxygen atoms in total. The number of aromatic nitrogens is 4. The van der Waals surface area contributed by atoms with Gasteiger partial charge >= 0.3 is 0 Å². The molecule has 0 saturated heterocycles.